The number of hydrazine groups is 1. The number of amides is 4. The number of phenolic OH excluding ortho intramolecular Hbond substituents is 1. The zero-order valence-corrected chi connectivity index (χ0v) is 30.4. The minimum atomic E-state index is -1.51. The predicted octanol–water partition coefficient (Wildman–Crippen LogP) is 6.38. The summed E-state index contributed by atoms with van der Waals surface area (Å²) in [4.78, 5) is 62.5. The van der Waals surface area contributed by atoms with E-state index in [2.05, 4.69) is 10.3 Å². The summed E-state index contributed by atoms with van der Waals surface area (Å²) < 4.78 is 5.50. The number of halogens is 1. The molecular formula is C43H39ClN4O6. The lowest BCUT2D eigenvalue weighted by molar-refractivity contribution is -0.138. The zero-order chi connectivity index (χ0) is 37.3. The highest BCUT2D eigenvalue weighted by Crippen LogP contribution is 2.65. The van der Waals surface area contributed by atoms with E-state index >= 15 is 4.79 Å². The first-order chi connectivity index (χ1) is 26.2. The average molecular weight is 743 g/mol. The number of hydrogen-bond acceptors (Lipinski definition) is 8. The Balaban J connectivity index is 1.16. The molecule has 0 bridgehead atoms. The van der Waals surface area contributed by atoms with Gasteiger partial charge in [-0.3, -0.25) is 29.5 Å². The number of ether oxygens (including phenoxy) is 1. The Hall–Kier alpha value is -5.45. The monoisotopic (exact) mass is 742 g/mol. The number of aryl methyl sites for hydroxylation is 1. The third-order valence-corrected chi connectivity index (χ3v) is 12.4. The number of hydrogen-bond donors (Lipinski definition) is 2. The normalized spacial score (nSPS) is 27.8. The number of benzene rings is 4. The summed E-state index contributed by atoms with van der Waals surface area (Å²) in [5.41, 5.74) is 6.42. The van der Waals surface area contributed by atoms with Gasteiger partial charge in [0.2, 0.25) is 11.8 Å². The van der Waals surface area contributed by atoms with Gasteiger partial charge in [-0.1, -0.05) is 71.3 Å². The maximum Gasteiger partial charge on any atom is 0.260 e. The van der Waals surface area contributed by atoms with Crippen LogP contribution in [0.5, 0.6) is 5.75 Å². The van der Waals surface area contributed by atoms with Crippen LogP contribution in [-0.2, 0) is 29.3 Å². The van der Waals surface area contributed by atoms with Crippen molar-refractivity contribution in [2.24, 2.45) is 23.7 Å². The number of allylic oxidation sites excluding steroid dienone is 2. The van der Waals surface area contributed by atoms with Crippen LogP contribution in [0.2, 0.25) is 5.02 Å². The van der Waals surface area contributed by atoms with Gasteiger partial charge in [-0.2, -0.15) is 5.01 Å². The molecule has 274 valence electrons. The fraction of sp³-hybridized carbons (Fsp3) is 0.302. The summed E-state index contributed by atoms with van der Waals surface area (Å²) in [5, 5.41) is 13.0. The van der Waals surface area contributed by atoms with Crippen LogP contribution in [0.1, 0.15) is 35.4 Å². The predicted molar refractivity (Wildman–Crippen MR) is 204 cm³/mol. The van der Waals surface area contributed by atoms with E-state index in [1.807, 2.05) is 91.9 Å². The second-order valence-electron chi connectivity index (χ2n) is 14.9. The van der Waals surface area contributed by atoms with Gasteiger partial charge in [-0.05, 0) is 85.8 Å². The Morgan fingerprint density at radius 2 is 1.52 bits per heavy atom. The van der Waals surface area contributed by atoms with Crippen molar-refractivity contribution < 1.29 is 29.0 Å². The van der Waals surface area contributed by atoms with Gasteiger partial charge in [0.15, 0.2) is 0 Å². The van der Waals surface area contributed by atoms with Gasteiger partial charge >= 0.3 is 0 Å². The summed E-state index contributed by atoms with van der Waals surface area (Å²) in [6.45, 7) is 4.75. The number of phenols is 1. The molecule has 0 radical (unpaired) electrons. The molecule has 9 rings (SSSR count). The Bertz CT molecular complexity index is 2200. The first-order valence-electron chi connectivity index (χ1n) is 18.4. The van der Waals surface area contributed by atoms with E-state index in [1.165, 1.54) is 11.0 Å². The second kappa shape index (κ2) is 13.1. The van der Waals surface area contributed by atoms with E-state index in [4.69, 9.17) is 16.3 Å². The number of morpholine rings is 1. The molecule has 0 aromatic heterocycles. The van der Waals surface area contributed by atoms with Gasteiger partial charge in [-0.25, -0.2) is 0 Å². The highest BCUT2D eigenvalue weighted by molar-refractivity contribution is 6.30. The molecule has 5 aliphatic rings. The molecule has 4 amide bonds. The summed E-state index contributed by atoms with van der Waals surface area (Å²) in [6, 6.07) is 28.8. The molecule has 2 N–H and O–H groups in total. The topological polar surface area (TPSA) is 119 Å². The van der Waals surface area contributed by atoms with Gasteiger partial charge < -0.3 is 14.7 Å². The molecule has 54 heavy (non-hydrogen) atoms. The molecule has 4 aromatic rings. The van der Waals surface area contributed by atoms with E-state index in [-0.39, 0.29) is 30.4 Å². The molecule has 3 saturated heterocycles. The highest BCUT2D eigenvalue weighted by Gasteiger charge is 2.70. The third-order valence-electron chi connectivity index (χ3n) is 12.2. The lowest BCUT2D eigenvalue weighted by atomic mass is 9.49. The first kappa shape index (κ1) is 34.3. The molecule has 6 atom stereocenters. The third kappa shape index (κ3) is 5.18. The molecule has 1 saturated carbocycles. The van der Waals surface area contributed by atoms with Crippen LogP contribution in [0.25, 0.3) is 0 Å². The van der Waals surface area contributed by atoms with Crippen molar-refractivity contribution in [1.82, 2.24) is 5.01 Å². The van der Waals surface area contributed by atoms with Gasteiger partial charge in [0.05, 0.1) is 47.8 Å². The largest absolute Gasteiger partial charge is 0.508 e. The molecule has 11 heteroatoms. The van der Waals surface area contributed by atoms with Gasteiger partial charge in [0, 0.05) is 35.3 Å². The molecular weight excluding hydrogens is 704 g/mol. The number of aromatic hydroxyl groups is 1. The minimum Gasteiger partial charge on any atom is -0.508 e. The highest BCUT2D eigenvalue weighted by atomic mass is 35.5. The van der Waals surface area contributed by atoms with Crippen LogP contribution in [0.3, 0.4) is 0 Å². The number of imide groups is 2. The molecule has 10 nitrogen and oxygen atoms in total. The van der Waals surface area contributed by atoms with Crippen LogP contribution >= 0.6 is 11.6 Å². The van der Waals surface area contributed by atoms with Crippen molar-refractivity contribution in [3.05, 3.63) is 130 Å². The maximum atomic E-state index is 15.3. The van der Waals surface area contributed by atoms with Crippen molar-refractivity contribution in [3.8, 4) is 5.75 Å². The fourth-order valence-electron chi connectivity index (χ4n) is 9.74. The first-order valence-corrected chi connectivity index (χ1v) is 18.8. The quantitative estimate of drug-likeness (QED) is 0.173. The zero-order valence-electron chi connectivity index (χ0n) is 29.7. The minimum absolute atomic E-state index is 0.0804. The maximum absolute atomic E-state index is 15.3. The average Bonchev–Trinajstić information content (AvgIpc) is 3.58. The lowest BCUT2D eigenvalue weighted by Crippen LogP contribution is -2.53. The van der Waals surface area contributed by atoms with Crippen molar-refractivity contribution in [2.75, 3.05) is 41.5 Å². The number of carbonyl (C=O) groups excluding carboxylic acids is 4. The number of carbonyl (C=O) groups is 4. The van der Waals surface area contributed by atoms with Crippen molar-refractivity contribution in [1.29, 1.82) is 0 Å². The van der Waals surface area contributed by atoms with Crippen LogP contribution in [-0.4, -0.2) is 60.0 Å². The van der Waals surface area contributed by atoms with Gasteiger partial charge in [0.25, 0.3) is 11.8 Å². The lowest BCUT2D eigenvalue weighted by Gasteiger charge is -2.50. The molecule has 4 fully saturated rings. The van der Waals surface area contributed by atoms with Gasteiger partial charge in [0.1, 0.15) is 5.75 Å². The molecule has 6 unspecified atom stereocenters. The number of nitrogens with zero attached hydrogens (tertiary/aromatic N) is 3. The molecule has 4 aromatic carbocycles. The van der Waals surface area contributed by atoms with Crippen LogP contribution in [0.4, 0.5) is 17.1 Å². The smallest absolute Gasteiger partial charge is 0.260 e. The number of rotatable bonds is 6. The summed E-state index contributed by atoms with van der Waals surface area (Å²) in [7, 11) is 0. The molecule has 2 aliphatic carbocycles. The van der Waals surface area contributed by atoms with Crippen molar-refractivity contribution in [2.45, 2.75) is 31.1 Å². The molecule has 0 spiro atoms. The Morgan fingerprint density at radius 3 is 2.24 bits per heavy atom. The summed E-state index contributed by atoms with van der Waals surface area (Å²) in [5.74, 6) is -5.40. The standard InChI is InChI=1S/C43H39ClN4O6/c1-25-7-10-28(11-8-25)45-48-40(51)35-24-33-31(38(34-23-27(44)9-18-36(34)49)43(35,42(48)53)26-5-3-2-4-6-26)16-17-32-37(33)41(52)47(39(32)50)30-14-12-29(13-15-30)46-19-21-54-22-20-46/h2-16,18,23,32-33,35,37-38,45,49H,17,19-22,24H2,1H3. The van der Waals surface area contributed by atoms with Crippen molar-refractivity contribution in [3.63, 3.8) is 0 Å². The molecule has 3 heterocycles. The SMILES string of the molecule is Cc1ccc(NN2C(=O)C3CC4C(=CCC5C(=O)N(c6ccc(N7CCOCC7)cc6)C(=O)C54)C(c4cc(Cl)ccc4O)C3(c3ccccc3)C2=O)cc1. The number of anilines is 3. The summed E-state index contributed by atoms with van der Waals surface area (Å²) >= 11 is 6.62. The van der Waals surface area contributed by atoms with E-state index in [0.717, 1.165) is 34.9 Å². The summed E-state index contributed by atoms with van der Waals surface area (Å²) in [6.07, 6.45) is 2.39. The van der Waals surface area contributed by atoms with Crippen LogP contribution in [0, 0.1) is 30.6 Å². The Morgan fingerprint density at radius 1 is 0.815 bits per heavy atom. The van der Waals surface area contributed by atoms with Crippen LogP contribution in [0.15, 0.2) is 109 Å². The number of fused-ring (bicyclic) bond motifs is 4. The number of nitrogens with one attached hydrogen (secondary N) is 1. The van der Waals surface area contributed by atoms with E-state index in [9.17, 15) is 19.5 Å². The Labute approximate surface area is 317 Å². The van der Waals surface area contributed by atoms with E-state index in [0.29, 0.717) is 40.7 Å². The molecule has 3 aliphatic heterocycles. The second-order valence-corrected chi connectivity index (χ2v) is 15.4. The van der Waals surface area contributed by atoms with E-state index in [1.54, 1.807) is 12.1 Å². The van der Waals surface area contributed by atoms with Crippen molar-refractivity contribution >= 4 is 52.3 Å². The van der Waals surface area contributed by atoms with Crippen LogP contribution < -0.4 is 15.2 Å². The van der Waals surface area contributed by atoms with Gasteiger partial charge in [-0.15, -0.1) is 0 Å². The fourth-order valence-corrected chi connectivity index (χ4v) is 9.92. The van der Waals surface area contributed by atoms with E-state index < -0.39 is 46.8 Å². The Kier molecular flexibility index (Phi) is 8.35.